The maximum absolute atomic E-state index is 12.0. The molecule has 4 unspecified atom stereocenters. The third-order valence-electron chi connectivity index (χ3n) is 4.32. The third kappa shape index (κ3) is 3.37. The molecule has 1 aliphatic carbocycles. The highest BCUT2D eigenvalue weighted by molar-refractivity contribution is 5.93. The van der Waals surface area contributed by atoms with Crippen molar-refractivity contribution in [1.82, 2.24) is 0 Å². The van der Waals surface area contributed by atoms with Crippen molar-refractivity contribution in [3.63, 3.8) is 0 Å². The largest absolute Gasteiger partial charge is 0.300 e. The Morgan fingerprint density at radius 3 is 1.37 bits per heavy atom. The van der Waals surface area contributed by atoms with Crippen molar-refractivity contribution < 1.29 is 19.2 Å². The normalized spacial score (nSPS) is 30.7. The van der Waals surface area contributed by atoms with E-state index in [4.69, 9.17) is 0 Å². The molecule has 0 heterocycles. The maximum atomic E-state index is 12.0. The van der Waals surface area contributed by atoms with E-state index in [0.717, 1.165) is 0 Å². The molecule has 0 saturated heterocycles. The number of ketones is 4. The number of carbonyl (C=O) groups is 4. The highest BCUT2D eigenvalue weighted by Gasteiger charge is 2.44. The first kappa shape index (κ1) is 15.7. The fourth-order valence-electron chi connectivity index (χ4n) is 3.17. The Bertz CT molecular complexity index is 410. The van der Waals surface area contributed by atoms with Gasteiger partial charge in [0.15, 0.2) is 0 Å². The van der Waals surface area contributed by atoms with Crippen LogP contribution in [0.1, 0.15) is 47.0 Å². The molecular formula is C15H22O4. The van der Waals surface area contributed by atoms with Crippen LogP contribution in [-0.4, -0.2) is 23.1 Å². The predicted octanol–water partition coefficient (Wildman–Crippen LogP) is 1.99. The first-order valence-electron chi connectivity index (χ1n) is 6.83. The van der Waals surface area contributed by atoms with Crippen LogP contribution in [0, 0.1) is 23.7 Å². The van der Waals surface area contributed by atoms with Gasteiger partial charge in [-0.1, -0.05) is 6.92 Å². The highest BCUT2D eigenvalue weighted by atomic mass is 16.1. The first-order valence-corrected chi connectivity index (χ1v) is 6.83. The van der Waals surface area contributed by atoms with E-state index in [2.05, 4.69) is 0 Å². The van der Waals surface area contributed by atoms with E-state index in [9.17, 15) is 19.2 Å². The molecule has 0 aromatic carbocycles. The van der Waals surface area contributed by atoms with Crippen molar-refractivity contribution in [2.24, 2.45) is 23.7 Å². The lowest BCUT2D eigenvalue weighted by molar-refractivity contribution is -0.142. The topological polar surface area (TPSA) is 68.3 Å². The Morgan fingerprint density at radius 1 is 0.737 bits per heavy atom. The molecule has 0 N–H and O–H groups in total. The van der Waals surface area contributed by atoms with Crippen molar-refractivity contribution in [2.45, 2.75) is 47.0 Å². The third-order valence-corrected chi connectivity index (χ3v) is 4.32. The van der Waals surface area contributed by atoms with E-state index in [1.165, 1.54) is 20.8 Å². The van der Waals surface area contributed by atoms with Crippen molar-refractivity contribution in [3.8, 4) is 0 Å². The van der Waals surface area contributed by atoms with Gasteiger partial charge in [-0.15, -0.1) is 0 Å². The number of Topliss-reactive ketones (excluding diaryl/α,β-unsaturated/α-hetero) is 4. The molecule has 1 aliphatic rings. The molecule has 1 rings (SSSR count). The number of hydrogen-bond acceptors (Lipinski definition) is 4. The molecule has 0 bridgehead atoms. The summed E-state index contributed by atoms with van der Waals surface area (Å²) in [4.78, 5) is 47.1. The summed E-state index contributed by atoms with van der Waals surface area (Å²) >= 11 is 0. The van der Waals surface area contributed by atoms with Gasteiger partial charge in [-0.3, -0.25) is 19.2 Å². The SMILES string of the molecule is CCC(=O)C1CC(C(C)=O)C(C(C)=O)CC1C(C)=O. The Hall–Kier alpha value is -1.32. The van der Waals surface area contributed by atoms with E-state index in [1.54, 1.807) is 6.92 Å². The highest BCUT2D eigenvalue weighted by Crippen LogP contribution is 2.40. The summed E-state index contributed by atoms with van der Waals surface area (Å²) in [5, 5.41) is 0. The minimum Gasteiger partial charge on any atom is -0.300 e. The number of hydrogen-bond donors (Lipinski definition) is 0. The van der Waals surface area contributed by atoms with Crippen molar-refractivity contribution in [1.29, 1.82) is 0 Å². The van der Waals surface area contributed by atoms with Crippen LogP contribution in [0.5, 0.6) is 0 Å². The summed E-state index contributed by atoms with van der Waals surface area (Å²) in [7, 11) is 0. The lowest BCUT2D eigenvalue weighted by atomic mass is 9.63. The minimum absolute atomic E-state index is 0.0217. The zero-order valence-electron chi connectivity index (χ0n) is 12.1. The molecule has 1 saturated carbocycles. The molecule has 19 heavy (non-hydrogen) atoms. The lowest BCUT2D eigenvalue weighted by Gasteiger charge is -2.37. The van der Waals surface area contributed by atoms with Gasteiger partial charge in [-0.05, 0) is 33.6 Å². The molecule has 4 heteroatoms. The van der Waals surface area contributed by atoms with Crippen LogP contribution in [0.4, 0.5) is 0 Å². The molecular weight excluding hydrogens is 244 g/mol. The molecule has 106 valence electrons. The average molecular weight is 266 g/mol. The molecule has 4 atom stereocenters. The van der Waals surface area contributed by atoms with Crippen molar-refractivity contribution >= 4 is 23.1 Å². The standard InChI is InChI=1S/C15H22O4/c1-5-15(19)14-7-12(9(3)17)11(8(2)16)6-13(14)10(4)18/h11-14H,5-7H2,1-4H3. The Morgan fingerprint density at radius 2 is 1.05 bits per heavy atom. The quantitative estimate of drug-likeness (QED) is 0.763. The van der Waals surface area contributed by atoms with Crippen molar-refractivity contribution in [2.75, 3.05) is 0 Å². The molecule has 0 radical (unpaired) electrons. The molecule has 0 aromatic rings. The van der Waals surface area contributed by atoms with Crippen LogP contribution in [0.25, 0.3) is 0 Å². The first-order chi connectivity index (χ1) is 8.79. The smallest absolute Gasteiger partial charge is 0.136 e. The van der Waals surface area contributed by atoms with Crippen LogP contribution >= 0.6 is 0 Å². The molecule has 0 aliphatic heterocycles. The number of rotatable bonds is 5. The van der Waals surface area contributed by atoms with Crippen LogP contribution < -0.4 is 0 Å². The Balaban J connectivity index is 3.07. The van der Waals surface area contributed by atoms with Gasteiger partial charge in [0.1, 0.15) is 23.1 Å². The molecule has 0 aromatic heterocycles. The van der Waals surface area contributed by atoms with E-state index in [1.807, 2.05) is 0 Å². The second kappa shape index (κ2) is 6.22. The van der Waals surface area contributed by atoms with E-state index < -0.39 is 23.7 Å². The summed E-state index contributed by atoms with van der Waals surface area (Å²) in [6.45, 7) is 6.15. The summed E-state index contributed by atoms with van der Waals surface area (Å²) in [5.74, 6) is -1.77. The van der Waals surface area contributed by atoms with Crippen LogP contribution in [-0.2, 0) is 19.2 Å². The van der Waals surface area contributed by atoms with Gasteiger partial charge >= 0.3 is 0 Å². The minimum atomic E-state index is -0.410. The summed E-state index contributed by atoms with van der Waals surface area (Å²) in [5.41, 5.74) is 0. The maximum Gasteiger partial charge on any atom is 0.136 e. The molecule has 0 spiro atoms. The van der Waals surface area contributed by atoms with Crippen LogP contribution in [0.15, 0.2) is 0 Å². The van der Waals surface area contributed by atoms with Gasteiger partial charge in [0, 0.05) is 30.1 Å². The van der Waals surface area contributed by atoms with Gasteiger partial charge in [0.25, 0.3) is 0 Å². The van der Waals surface area contributed by atoms with E-state index >= 15 is 0 Å². The van der Waals surface area contributed by atoms with Crippen LogP contribution in [0.2, 0.25) is 0 Å². The zero-order chi connectivity index (χ0) is 14.7. The Kier molecular flexibility index (Phi) is 5.15. The van der Waals surface area contributed by atoms with Crippen molar-refractivity contribution in [3.05, 3.63) is 0 Å². The second-order valence-electron chi connectivity index (χ2n) is 5.55. The molecule has 0 amide bonds. The zero-order valence-corrected chi connectivity index (χ0v) is 12.1. The Labute approximate surface area is 113 Å². The van der Waals surface area contributed by atoms with Gasteiger partial charge in [0.05, 0.1) is 0 Å². The average Bonchev–Trinajstić information content (AvgIpc) is 2.35. The summed E-state index contributed by atoms with van der Waals surface area (Å²) < 4.78 is 0. The molecule has 1 fully saturated rings. The number of carbonyl (C=O) groups excluding carboxylic acids is 4. The lowest BCUT2D eigenvalue weighted by Crippen LogP contribution is -2.43. The molecule has 4 nitrogen and oxygen atoms in total. The summed E-state index contributed by atoms with van der Waals surface area (Å²) in [6.07, 6.45) is 1.05. The second-order valence-corrected chi connectivity index (χ2v) is 5.55. The monoisotopic (exact) mass is 266 g/mol. The van der Waals surface area contributed by atoms with Gasteiger partial charge < -0.3 is 0 Å². The fourth-order valence-corrected chi connectivity index (χ4v) is 3.17. The summed E-state index contributed by atoms with van der Waals surface area (Å²) in [6, 6.07) is 0. The van der Waals surface area contributed by atoms with E-state index in [0.29, 0.717) is 19.3 Å². The predicted molar refractivity (Wildman–Crippen MR) is 70.5 cm³/mol. The fraction of sp³-hybridized carbons (Fsp3) is 0.733. The van der Waals surface area contributed by atoms with Gasteiger partial charge in [-0.2, -0.15) is 0 Å². The van der Waals surface area contributed by atoms with Gasteiger partial charge in [-0.25, -0.2) is 0 Å². The van der Waals surface area contributed by atoms with Gasteiger partial charge in [0.2, 0.25) is 0 Å². The van der Waals surface area contributed by atoms with Crippen LogP contribution in [0.3, 0.4) is 0 Å². The van der Waals surface area contributed by atoms with E-state index in [-0.39, 0.29) is 23.1 Å².